The second kappa shape index (κ2) is 7.10. The molecule has 1 aliphatic carbocycles. The lowest BCUT2D eigenvalue weighted by Crippen LogP contribution is -2.24. The van der Waals surface area contributed by atoms with Crippen LogP contribution in [0.1, 0.15) is 57.1 Å². The van der Waals surface area contributed by atoms with E-state index in [0.717, 1.165) is 17.5 Å². The maximum absolute atomic E-state index is 6.27. The summed E-state index contributed by atoms with van der Waals surface area (Å²) in [5, 5.41) is 4.37. The first-order valence-electron chi connectivity index (χ1n) is 7.14. The lowest BCUT2D eigenvalue weighted by molar-refractivity contribution is 0.301. The molecule has 1 aromatic heterocycles. The van der Waals surface area contributed by atoms with E-state index in [4.69, 9.17) is 11.6 Å². The third kappa shape index (κ3) is 3.69. The minimum atomic E-state index is 0.383. The Morgan fingerprint density at radius 1 is 1.39 bits per heavy atom. The first kappa shape index (κ1) is 13.8. The second-order valence-electron chi connectivity index (χ2n) is 5.25. The number of rotatable bonds is 5. The molecular formula is C15H23ClN2. The topological polar surface area (TPSA) is 24.9 Å². The highest BCUT2D eigenvalue weighted by Gasteiger charge is 2.21. The highest BCUT2D eigenvalue weighted by Crippen LogP contribution is 2.33. The van der Waals surface area contributed by atoms with Crippen molar-refractivity contribution in [2.24, 2.45) is 5.92 Å². The van der Waals surface area contributed by atoms with Gasteiger partial charge in [0.15, 0.2) is 0 Å². The Bertz CT molecular complexity index is 361. The smallest absolute Gasteiger partial charge is 0.0637 e. The standard InChI is InChI=1S/C15H23ClN2/c1-2-18-15(10-12-6-4-3-5-7-12)13-8-9-17-11-14(13)16/h8-9,11-12,15,18H,2-7,10H2,1H3. The minimum Gasteiger partial charge on any atom is -0.310 e. The molecule has 1 N–H and O–H groups in total. The van der Waals surface area contributed by atoms with Gasteiger partial charge in [0.25, 0.3) is 0 Å². The van der Waals surface area contributed by atoms with Gasteiger partial charge in [-0.2, -0.15) is 0 Å². The van der Waals surface area contributed by atoms with Crippen LogP contribution in [0.2, 0.25) is 5.02 Å². The molecule has 0 radical (unpaired) electrons. The Morgan fingerprint density at radius 3 is 2.83 bits per heavy atom. The van der Waals surface area contributed by atoms with Crippen LogP contribution in [-0.4, -0.2) is 11.5 Å². The number of aromatic nitrogens is 1. The van der Waals surface area contributed by atoms with Gasteiger partial charge in [0.1, 0.15) is 0 Å². The number of hydrogen-bond acceptors (Lipinski definition) is 2. The molecule has 2 nitrogen and oxygen atoms in total. The molecule has 18 heavy (non-hydrogen) atoms. The summed E-state index contributed by atoms with van der Waals surface area (Å²) < 4.78 is 0. The van der Waals surface area contributed by atoms with Gasteiger partial charge >= 0.3 is 0 Å². The van der Waals surface area contributed by atoms with E-state index in [0.29, 0.717) is 6.04 Å². The van der Waals surface area contributed by atoms with E-state index in [9.17, 15) is 0 Å². The third-order valence-corrected chi connectivity index (χ3v) is 4.24. The molecule has 1 unspecified atom stereocenters. The van der Waals surface area contributed by atoms with Crippen LogP contribution in [-0.2, 0) is 0 Å². The van der Waals surface area contributed by atoms with Crippen molar-refractivity contribution in [2.75, 3.05) is 6.54 Å². The van der Waals surface area contributed by atoms with Crippen molar-refractivity contribution in [3.05, 3.63) is 29.0 Å². The summed E-state index contributed by atoms with van der Waals surface area (Å²) in [7, 11) is 0. The van der Waals surface area contributed by atoms with Gasteiger partial charge in [0.2, 0.25) is 0 Å². The number of halogens is 1. The van der Waals surface area contributed by atoms with Crippen LogP contribution in [0.15, 0.2) is 18.5 Å². The highest BCUT2D eigenvalue weighted by molar-refractivity contribution is 6.31. The van der Waals surface area contributed by atoms with Crippen molar-refractivity contribution in [1.82, 2.24) is 10.3 Å². The molecule has 1 fully saturated rings. The van der Waals surface area contributed by atoms with Crippen LogP contribution in [0, 0.1) is 5.92 Å². The molecule has 1 aliphatic rings. The summed E-state index contributed by atoms with van der Waals surface area (Å²) in [6, 6.07) is 2.44. The Hall–Kier alpha value is -0.600. The van der Waals surface area contributed by atoms with Gasteiger partial charge in [-0.3, -0.25) is 4.98 Å². The van der Waals surface area contributed by atoms with Gasteiger partial charge in [-0.15, -0.1) is 0 Å². The quantitative estimate of drug-likeness (QED) is 0.857. The summed E-state index contributed by atoms with van der Waals surface area (Å²) in [4.78, 5) is 4.07. The third-order valence-electron chi connectivity index (χ3n) is 3.92. The van der Waals surface area contributed by atoms with Crippen molar-refractivity contribution in [3.63, 3.8) is 0 Å². The molecule has 1 atom stereocenters. The van der Waals surface area contributed by atoms with E-state index < -0.39 is 0 Å². The summed E-state index contributed by atoms with van der Waals surface area (Å²) >= 11 is 6.27. The van der Waals surface area contributed by atoms with Crippen molar-refractivity contribution in [3.8, 4) is 0 Å². The van der Waals surface area contributed by atoms with E-state index >= 15 is 0 Å². The number of hydrogen-bond donors (Lipinski definition) is 1. The number of nitrogens with zero attached hydrogens (tertiary/aromatic N) is 1. The van der Waals surface area contributed by atoms with Gasteiger partial charge in [-0.05, 0) is 30.5 Å². The van der Waals surface area contributed by atoms with Crippen LogP contribution in [0.5, 0.6) is 0 Å². The predicted octanol–water partition coefficient (Wildman–Crippen LogP) is 4.36. The van der Waals surface area contributed by atoms with Crippen molar-refractivity contribution >= 4 is 11.6 Å². The Labute approximate surface area is 115 Å². The first-order chi connectivity index (χ1) is 8.81. The maximum Gasteiger partial charge on any atom is 0.0637 e. The lowest BCUT2D eigenvalue weighted by atomic mass is 9.83. The molecule has 2 rings (SSSR count). The molecular weight excluding hydrogens is 244 g/mol. The molecule has 0 spiro atoms. The Morgan fingerprint density at radius 2 is 2.17 bits per heavy atom. The van der Waals surface area contributed by atoms with Crippen LogP contribution in [0.25, 0.3) is 0 Å². The second-order valence-corrected chi connectivity index (χ2v) is 5.65. The fourth-order valence-corrected chi connectivity index (χ4v) is 3.24. The van der Waals surface area contributed by atoms with Crippen LogP contribution >= 0.6 is 11.6 Å². The van der Waals surface area contributed by atoms with E-state index in [-0.39, 0.29) is 0 Å². The monoisotopic (exact) mass is 266 g/mol. The normalized spacial score (nSPS) is 18.8. The molecule has 0 aliphatic heterocycles. The minimum absolute atomic E-state index is 0.383. The molecule has 1 heterocycles. The van der Waals surface area contributed by atoms with E-state index in [1.807, 2.05) is 6.20 Å². The van der Waals surface area contributed by atoms with Gasteiger partial charge in [0.05, 0.1) is 5.02 Å². The van der Waals surface area contributed by atoms with E-state index in [1.54, 1.807) is 6.20 Å². The fourth-order valence-electron chi connectivity index (χ4n) is 2.99. The van der Waals surface area contributed by atoms with Crippen molar-refractivity contribution < 1.29 is 0 Å². The van der Waals surface area contributed by atoms with Gasteiger partial charge in [0, 0.05) is 18.4 Å². The average Bonchev–Trinajstić information content (AvgIpc) is 2.40. The summed E-state index contributed by atoms with van der Waals surface area (Å²) in [6.45, 7) is 3.14. The van der Waals surface area contributed by atoms with Crippen LogP contribution in [0.3, 0.4) is 0 Å². The Balaban J connectivity index is 2.05. The van der Waals surface area contributed by atoms with Crippen molar-refractivity contribution in [1.29, 1.82) is 0 Å². The summed E-state index contributed by atoms with van der Waals surface area (Å²) in [5.74, 6) is 0.854. The fraction of sp³-hybridized carbons (Fsp3) is 0.667. The molecule has 1 saturated carbocycles. The average molecular weight is 267 g/mol. The lowest BCUT2D eigenvalue weighted by Gasteiger charge is -2.27. The molecule has 0 saturated heterocycles. The zero-order valence-corrected chi connectivity index (χ0v) is 11.9. The number of pyridine rings is 1. The van der Waals surface area contributed by atoms with E-state index in [2.05, 4.69) is 23.3 Å². The highest BCUT2D eigenvalue weighted by atomic mass is 35.5. The molecule has 3 heteroatoms. The van der Waals surface area contributed by atoms with E-state index in [1.165, 1.54) is 44.1 Å². The molecule has 100 valence electrons. The zero-order valence-electron chi connectivity index (χ0n) is 11.2. The Kier molecular flexibility index (Phi) is 5.45. The predicted molar refractivity (Wildman–Crippen MR) is 76.9 cm³/mol. The molecule has 0 aromatic carbocycles. The summed E-state index contributed by atoms with van der Waals surface area (Å²) in [5.41, 5.74) is 1.21. The number of nitrogens with one attached hydrogen (secondary N) is 1. The zero-order chi connectivity index (χ0) is 12.8. The largest absolute Gasteiger partial charge is 0.310 e. The maximum atomic E-state index is 6.27. The van der Waals surface area contributed by atoms with Crippen LogP contribution in [0.4, 0.5) is 0 Å². The molecule has 0 bridgehead atoms. The molecule has 0 amide bonds. The van der Waals surface area contributed by atoms with Crippen molar-refractivity contribution in [2.45, 2.75) is 51.5 Å². The molecule has 1 aromatic rings. The van der Waals surface area contributed by atoms with Crippen LogP contribution < -0.4 is 5.32 Å². The van der Waals surface area contributed by atoms with Gasteiger partial charge < -0.3 is 5.32 Å². The van der Waals surface area contributed by atoms with Gasteiger partial charge in [-0.25, -0.2) is 0 Å². The summed E-state index contributed by atoms with van der Waals surface area (Å²) in [6.07, 6.45) is 11.8. The SMILES string of the molecule is CCNC(CC1CCCCC1)c1ccncc1Cl. The van der Waals surface area contributed by atoms with Gasteiger partial charge in [-0.1, -0.05) is 50.6 Å². The first-order valence-corrected chi connectivity index (χ1v) is 7.52.